The molecule has 0 fully saturated rings. The summed E-state index contributed by atoms with van der Waals surface area (Å²) < 4.78 is 29.1. The molecule has 0 saturated carbocycles. The number of nitrogens with zero attached hydrogens (tertiary/aromatic N) is 1. The van der Waals surface area contributed by atoms with Gasteiger partial charge in [0.05, 0.1) is 6.61 Å². The zero-order valence-corrected chi connectivity index (χ0v) is 14.7. The van der Waals surface area contributed by atoms with Crippen molar-refractivity contribution in [1.29, 1.82) is 0 Å². The second-order valence-electron chi connectivity index (χ2n) is 5.92. The summed E-state index contributed by atoms with van der Waals surface area (Å²) in [6.45, 7) is -3.00. The molecule has 28 heavy (non-hydrogen) atoms. The van der Waals surface area contributed by atoms with Crippen LogP contribution in [0.1, 0.15) is 23.1 Å². The smallest absolute Gasteiger partial charge is 0.387 e. The van der Waals surface area contributed by atoms with Gasteiger partial charge in [-0.05, 0) is 35.4 Å². The molecule has 144 valence electrons. The Balaban J connectivity index is 2.07. The van der Waals surface area contributed by atoms with Crippen molar-refractivity contribution in [2.75, 3.05) is 6.61 Å². The maximum Gasteiger partial charge on any atom is 0.387 e. The number of aliphatic hydroxyl groups excluding tert-OH is 1. The fraction of sp³-hybridized carbons (Fsp3) is 0.200. The lowest BCUT2D eigenvalue weighted by molar-refractivity contribution is -0.122. The van der Waals surface area contributed by atoms with Crippen LogP contribution in [-0.2, 0) is 10.3 Å². The number of nitrogens with two attached hydrogens (primary N) is 1. The van der Waals surface area contributed by atoms with Gasteiger partial charge in [-0.25, -0.2) is 4.99 Å². The zero-order valence-electron chi connectivity index (χ0n) is 14.7. The van der Waals surface area contributed by atoms with Crippen molar-refractivity contribution in [3.8, 4) is 17.6 Å². The second kappa shape index (κ2) is 8.06. The fourth-order valence-corrected chi connectivity index (χ4v) is 2.94. The molecule has 8 heteroatoms. The minimum atomic E-state index is -2.95. The summed E-state index contributed by atoms with van der Waals surface area (Å²) in [6, 6.07) is 12.6. The van der Waals surface area contributed by atoms with Gasteiger partial charge in [-0.3, -0.25) is 10.1 Å². The van der Waals surface area contributed by atoms with Crippen molar-refractivity contribution in [2.45, 2.75) is 18.6 Å². The molecule has 1 unspecified atom stereocenters. The van der Waals surface area contributed by atoms with E-state index >= 15 is 0 Å². The van der Waals surface area contributed by atoms with Gasteiger partial charge in [0.2, 0.25) is 0 Å². The summed E-state index contributed by atoms with van der Waals surface area (Å²) in [7, 11) is 0. The molecule has 6 nitrogen and oxygen atoms in total. The first-order valence-corrected chi connectivity index (χ1v) is 8.38. The molecular weight excluding hydrogens is 368 g/mol. The highest BCUT2D eigenvalue weighted by Crippen LogP contribution is 2.37. The second-order valence-corrected chi connectivity index (χ2v) is 5.92. The van der Waals surface area contributed by atoms with E-state index in [1.807, 2.05) is 0 Å². The lowest BCUT2D eigenvalue weighted by Crippen LogP contribution is -2.39. The van der Waals surface area contributed by atoms with Crippen LogP contribution in [0.2, 0.25) is 0 Å². The van der Waals surface area contributed by atoms with Gasteiger partial charge in [-0.15, -0.1) is 0 Å². The van der Waals surface area contributed by atoms with Gasteiger partial charge in [-0.1, -0.05) is 36.1 Å². The molecule has 1 heterocycles. The third-order valence-electron chi connectivity index (χ3n) is 4.11. The molecule has 0 saturated heterocycles. The first-order chi connectivity index (χ1) is 13.5. The van der Waals surface area contributed by atoms with E-state index in [-0.39, 0.29) is 18.3 Å². The highest BCUT2D eigenvalue weighted by atomic mass is 19.3. The number of carbonyl (C=O) groups excluding carboxylic acids is 1. The van der Waals surface area contributed by atoms with E-state index in [4.69, 9.17) is 10.8 Å². The van der Waals surface area contributed by atoms with Crippen molar-refractivity contribution < 1.29 is 23.4 Å². The number of hydrogen-bond donors (Lipinski definition) is 3. The third-order valence-corrected chi connectivity index (χ3v) is 4.11. The summed E-state index contributed by atoms with van der Waals surface area (Å²) in [6.07, 6.45) is 0.326. The van der Waals surface area contributed by atoms with Crippen molar-refractivity contribution in [2.24, 2.45) is 10.7 Å². The molecule has 4 N–H and O–H groups in total. The molecule has 1 aliphatic rings. The first-order valence-electron chi connectivity index (χ1n) is 8.38. The standard InChI is InChI=1S/C20H17F2N3O3/c21-18(22)28-16-9-7-14(8-10-16)20(17(27)24-19(23)25-20)15-6-3-5-13(12-15)4-1-2-11-26/h3,5-10,12,18,26H,2,11H2,(H3,23,24,25,27). The van der Waals surface area contributed by atoms with Crippen LogP contribution in [0.25, 0.3) is 0 Å². The van der Waals surface area contributed by atoms with E-state index in [1.54, 1.807) is 24.3 Å². The van der Waals surface area contributed by atoms with E-state index in [2.05, 4.69) is 26.9 Å². The number of alkyl halides is 2. The highest BCUT2D eigenvalue weighted by Gasteiger charge is 2.46. The van der Waals surface area contributed by atoms with Gasteiger partial charge < -0.3 is 15.6 Å². The van der Waals surface area contributed by atoms with Gasteiger partial charge in [0.25, 0.3) is 5.91 Å². The largest absolute Gasteiger partial charge is 0.435 e. The molecule has 1 aliphatic heterocycles. The number of amides is 1. The molecular formula is C20H17F2N3O3. The molecule has 0 aliphatic carbocycles. The minimum Gasteiger partial charge on any atom is -0.435 e. The molecule has 3 rings (SSSR count). The molecule has 0 bridgehead atoms. The Labute approximate surface area is 160 Å². The monoisotopic (exact) mass is 385 g/mol. The van der Waals surface area contributed by atoms with Crippen molar-refractivity contribution >= 4 is 11.9 Å². The van der Waals surface area contributed by atoms with Crippen LogP contribution in [0.4, 0.5) is 8.78 Å². The summed E-state index contributed by atoms with van der Waals surface area (Å²) in [4.78, 5) is 17.1. The van der Waals surface area contributed by atoms with Gasteiger partial charge in [0, 0.05) is 12.0 Å². The number of aliphatic imine (C=N–C) groups is 1. The van der Waals surface area contributed by atoms with Gasteiger partial charge in [0.1, 0.15) is 5.75 Å². The quantitative estimate of drug-likeness (QED) is 0.683. The average Bonchev–Trinajstić information content (AvgIpc) is 2.97. The number of carbonyl (C=O) groups is 1. The molecule has 1 atom stereocenters. The SMILES string of the molecule is NC1=NC(c2ccc(OC(F)F)cc2)(c2cccc(C#CCCO)c2)C(=O)N1. The normalized spacial score (nSPS) is 18.3. The van der Waals surface area contributed by atoms with E-state index in [0.29, 0.717) is 23.1 Å². The zero-order chi connectivity index (χ0) is 20.1. The summed E-state index contributed by atoms with van der Waals surface area (Å²) >= 11 is 0. The number of hydrogen-bond acceptors (Lipinski definition) is 5. The van der Waals surface area contributed by atoms with Crippen molar-refractivity contribution in [3.63, 3.8) is 0 Å². The molecule has 0 radical (unpaired) electrons. The van der Waals surface area contributed by atoms with Gasteiger partial charge >= 0.3 is 6.61 Å². The van der Waals surface area contributed by atoms with Gasteiger partial charge in [-0.2, -0.15) is 8.78 Å². The van der Waals surface area contributed by atoms with Crippen molar-refractivity contribution in [3.05, 3.63) is 65.2 Å². The Morgan fingerprint density at radius 1 is 1.21 bits per heavy atom. The number of halogens is 2. The topological polar surface area (TPSA) is 96.9 Å². The predicted molar refractivity (Wildman–Crippen MR) is 98.6 cm³/mol. The Bertz CT molecular complexity index is 965. The molecule has 1 amide bonds. The number of benzene rings is 2. The summed E-state index contributed by atoms with van der Waals surface area (Å²) in [5.74, 6) is 5.18. The lowest BCUT2D eigenvalue weighted by atomic mass is 9.82. The van der Waals surface area contributed by atoms with Crippen LogP contribution in [0.3, 0.4) is 0 Å². The number of rotatable bonds is 5. The maximum atomic E-state index is 12.8. The van der Waals surface area contributed by atoms with Crippen molar-refractivity contribution in [1.82, 2.24) is 5.32 Å². The molecule has 0 spiro atoms. The molecule has 0 aromatic heterocycles. The van der Waals surface area contributed by atoms with Crippen LogP contribution in [0.5, 0.6) is 5.75 Å². The van der Waals surface area contributed by atoms with E-state index in [1.165, 1.54) is 24.3 Å². The number of ether oxygens (including phenoxy) is 1. The van der Waals surface area contributed by atoms with Crippen LogP contribution < -0.4 is 15.8 Å². The number of nitrogens with one attached hydrogen (secondary N) is 1. The molecule has 2 aromatic carbocycles. The van der Waals surface area contributed by atoms with Crippen LogP contribution in [0, 0.1) is 11.8 Å². The summed E-state index contributed by atoms with van der Waals surface area (Å²) in [5, 5.41) is 11.3. The van der Waals surface area contributed by atoms with E-state index in [0.717, 1.165) is 0 Å². The highest BCUT2D eigenvalue weighted by molar-refractivity contribution is 6.09. The Morgan fingerprint density at radius 3 is 2.57 bits per heavy atom. The third kappa shape index (κ3) is 3.80. The lowest BCUT2D eigenvalue weighted by Gasteiger charge is -2.25. The maximum absolute atomic E-state index is 12.8. The Morgan fingerprint density at radius 2 is 1.96 bits per heavy atom. The number of aliphatic hydroxyl groups is 1. The molecule has 2 aromatic rings. The van der Waals surface area contributed by atoms with Crippen LogP contribution in [-0.4, -0.2) is 30.2 Å². The van der Waals surface area contributed by atoms with Crippen LogP contribution >= 0.6 is 0 Å². The minimum absolute atomic E-state index is 0.0344. The summed E-state index contributed by atoms with van der Waals surface area (Å²) in [5.41, 5.74) is 5.87. The van der Waals surface area contributed by atoms with E-state index in [9.17, 15) is 13.6 Å². The predicted octanol–water partition coefficient (Wildman–Crippen LogP) is 1.71. The fourth-order valence-electron chi connectivity index (χ4n) is 2.94. The van der Waals surface area contributed by atoms with E-state index < -0.39 is 18.1 Å². The number of guanidine groups is 1. The Kier molecular flexibility index (Phi) is 5.57. The first kappa shape index (κ1) is 19.3. The average molecular weight is 385 g/mol. The van der Waals surface area contributed by atoms with Gasteiger partial charge in [0.15, 0.2) is 11.5 Å². The Hall–Kier alpha value is -3.44. The van der Waals surface area contributed by atoms with Crippen LogP contribution in [0.15, 0.2) is 53.5 Å².